The third kappa shape index (κ3) is 6.13. The van der Waals surface area contributed by atoms with E-state index in [4.69, 9.17) is 14.6 Å². The molecule has 5 heterocycles. The van der Waals surface area contributed by atoms with E-state index in [0.717, 1.165) is 51.1 Å². The molecule has 12 nitrogen and oxygen atoms in total. The van der Waals surface area contributed by atoms with Crippen LogP contribution >= 0.6 is 11.3 Å². The summed E-state index contributed by atoms with van der Waals surface area (Å²) in [6.45, 7) is 7.60. The van der Waals surface area contributed by atoms with Gasteiger partial charge in [-0.05, 0) is 60.0 Å². The molecule has 0 bridgehead atoms. The number of thiazole rings is 1. The summed E-state index contributed by atoms with van der Waals surface area (Å²) in [6, 6.07) is 15.0. The van der Waals surface area contributed by atoms with Gasteiger partial charge in [0.15, 0.2) is 5.13 Å². The Bertz CT molecular complexity index is 1910. The molecule has 13 heteroatoms. The highest BCUT2D eigenvalue weighted by atomic mass is 32.1. The highest BCUT2D eigenvalue weighted by molar-refractivity contribution is 7.19. The lowest BCUT2D eigenvalue weighted by Crippen LogP contribution is -2.23. The lowest BCUT2D eigenvalue weighted by atomic mass is 9.92. The average Bonchev–Trinajstić information content (AvgIpc) is 3.85. The lowest BCUT2D eigenvalue weighted by Gasteiger charge is -2.14. The van der Waals surface area contributed by atoms with Gasteiger partial charge in [0, 0.05) is 37.1 Å². The maximum absolute atomic E-state index is 13.0. The van der Waals surface area contributed by atoms with E-state index in [2.05, 4.69) is 46.4 Å². The maximum atomic E-state index is 13.0. The van der Waals surface area contributed by atoms with Crippen LogP contribution in [0.15, 0.2) is 67.1 Å². The van der Waals surface area contributed by atoms with E-state index in [-0.39, 0.29) is 17.3 Å². The molecule has 46 heavy (non-hydrogen) atoms. The second kappa shape index (κ2) is 11.9. The van der Waals surface area contributed by atoms with Crippen LogP contribution in [0.5, 0.6) is 17.5 Å². The molecule has 0 spiro atoms. The number of carbonyl (C=O) groups is 2. The molecule has 0 aliphatic carbocycles. The number of benzene rings is 2. The van der Waals surface area contributed by atoms with Gasteiger partial charge in [-0.1, -0.05) is 32.1 Å². The Balaban J connectivity index is 0.991. The zero-order chi connectivity index (χ0) is 31.8. The number of aromatic nitrogens is 5. The average molecular weight is 637 g/mol. The van der Waals surface area contributed by atoms with E-state index in [1.165, 1.54) is 23.7 Å². The van der Waals surface area contributed by atoms with Crippen LogP contribution in [-0.4, -0.2) is 49.8 Å². The first kappa shape index (κ1) is 29.4. The van der Waals surface area contributed by atoms with E-state index in [9.17, 15) is 9.59 Å². The number of hydrogen-bond donors (Lipinski definition) is 2. The van der Waals surface area contributed by atoms with Crippen molar-refractivity contribution in [2.45, 2.75) is 45.4 Å². The third-order valence-electron chi connectivity index (χ3n) is 7.67. The molecular weight excluding hydrogens is 604 g/mol. The first-order valence-corrected chi connectivity index (χ1v) is 15.8. The minimum absolute atomic E-state index is 0.121. The maximum Gasteiger partial charge on any atom is 0.324 e. The number of urea groups is 1. The molecule has 0 atom stereocenters. The number of fused-ring (bicyclic) bond motifs is 1. The van der Waals surface area contributed by atoms with Gasteiger partial charge in [0.2, 0.25) is 5.91 Å². The van der Waals surface area contributed by atoms with Crippen molar-refractivity contribution in [3.8, 4) is 33.6 Å². The quantitative estimate of drug-likeness (QED) is 0.204. The highest BCUT2D eigenvalue weighted by Crippen LogP contribution is 2.34. The molecule has 2 aliphatic heterocycles. The van der Waals surface area contributed by atoms with Crippen LogP contribution in [0.3, 0.4) is 0 Å². The summed E-state index contributed by atoms with van der Waals surface area (Å²) < 4.78 is 13.2. The Kier molecular flexibility index (Phi) is 7.61. The molecule has 3 aromatic heterocycles. The number of ether oxygens (including phenoxy) is 2. The number of nitrogens with one attached hydrogen (secondary N) is 2. The SMILES string of the molecule is CC(C)(C)c1cc(NC(=O)Nc2cnc(Oc3ccc(-c4cnc(N5CCCC5=O)s4)cc3)nc2)n(-c2ccc3c(c2)CCO3)n1. The van der Waals surface area contributed by atoms with Gasteiger partial charge in [0.25, 0.3) is 0 Å². The largest absolute Gasteiger partial charge is 0.493 e. The molecule has 234 valence electrons. The number of anilines is 3. The Morgan fingerprint density at radius 3 is 2.52 bits per heavy atom. The first-order valence-electron chi connectivity index (χ1n) is 15.0. The van der Waals surface area contributed by atoms with Gasteiger partial charge in [-0.2, -0.15) is 5.10 Å². The molecule has 2 aliphatic rings. The zero-order valence-electron chi connectivity index (χ0n) is 25.6. The van der Waals surface area contributed by atoms with Crippen LogP contribution < -0.4 is 25.0 Å². The summed E-state index contributed by atoms with van der Waals surface area (Å²) in [7, 11) is 0. The summed E-state index contributed by atoms with van der Waals surface area (Å²) in [5.41, 5.74) is 3.93. The molecule has 3 amide bonds. The third-order valence-corrected chi connectivity index (χ3v) is 8.74. The van der Waals surface area contributed by atoms with Crippen molar-refractivity contribution in [2.75, 3.05) is 28.7 Å². The molecule has 5 aromatic rings. The van der Waals surface area contributed by atoms with Crippen molar-refractivity contribution in [1.82, 2.24) is 24.7 Å². The molecule has 2 N–H and O–H groups in total. The van der Waals surface area contributed by atoms with Gasteiger partial charge in [-0.25, -0.2) is 24.4 Å². The van der Waals surface area contributed by atoms with Crippen LogP contribution in [0.1, 0.15) is 44.9 Å². The summed E-state index contributed by atoms with van der Waals surface area (Å²) in [6.07, 6.45) is 7.02. The van der Waals surface area contributed by atoms with E-state index in [0.29, 0.717) is 36.8 Å². The number of rotatable bonds is 7. The zero-order valence-corrected chi connectivity index (χ0v) is 26.4. The minimum Gasteiger partial charge on any atom is -0.493 e. The Hall–Kier alpha value is -5.30. The van der Waals surface area contributed by atoms with Gasteiger partial charge < -0.3 is 14.8 Å². The Morgan fingerprint density at radius 2 is 1.78 bits per heavy atom. The predicted octanol–water partition coefficient (Wildman–Crippen LogP) is 6.58. The highest BCUT2D eigenvalue weighted by Gasteiger charge is 2.25. The van der Waals surface area contributed by atoms with E-state index in [1.54, 1.807) is 15.8 Å². The topological polar surface area (TPSA) is 136 Å². The first-order chi connectivity index (χ1) is 22.2. The number of nitrogens with zero attached hydrogens (tertiary/aromatic N) is 6. The smallest absolute Gasteiger partial charge is 0.324 e. The van der Waals surface area contributed by atoms with Gasteiger partial charge in [0.05, 0.1) is 40.9 Å². The van der Waals surface area contributed by atoms with Crippen LogP contribution in [0.2, 0.25) is 0 Å². The normalized spacial score (nSPS) is 14.2. The summed E-state index contributed by atoms with van der Waals surface area (Å²) in [5, 5.41) is 11.2. The predicted molar refractivity (Wildman–Crippen MR) is 175 cm³/mol. The van der Waals surface area contributed by atoms with Crippen molar-refractivity contribution in [1.29, 1.82) is 0 Å². The van der Waals surface area contributed by atoms with E-state index < -0.39 is 6.03 Å². The molecule has 1 saturated heterocycles. The fraction of sp³-hybridized carbons (Fsp3) is 0.273. The number of hydrogen-bond acceptors (Lipinski definition) is 9. The van der Waals surface area contributed by atoms with E-state index >= 15 is 0 Å². The molecule has 2 aromatic carbocycles. The Morgan fingerprint density at radius 1 is 0.978 bits per heavy atom. The fourth-order valence-electron chi connectivity index (χ4n) is 5.22. The van der Waals surface area contributed by atoms with Crippen molar-refractivity contribution < 1.29 is 19.1 Å². The minimum atomic E-state index is -0.459. The lowest BCUT2D eigenvalue weighted by molar-refractivity contribution is -0.117. The molecule has 7 rings (SSSR count). The molecule has 0 saturated carbocycles. The van der Waals surface area contributed by atoms with Crippen molar-refractivity contribution in [2.24, 2.45) is 0 Å². The molecule has 1 fully saturated rings. The van der Waals surface area contributed by atoms with Gasteiger partial charge in [-0.15, -0.1) is 0 Å². The second-order valence-corrected chi connectivity index (χ2v) is 13.1. The Labute approximate surface area is 269 Å². The monoisotopic (exact) mass is 636 g/mol. The molecule has 0 unspecified atom stereocenters. The van der Waals surface area contributed by atoms with Crippen LogP contribution in [0.4, 0.5) is 21.4 Å². The summed E-state index contributed by atoms with van der Waals surface area (Å²) in [5.74, 6) is 2.09. The van der Waals surface area contributed by atoms with E-state index in [1.807, 2.05) is 48.5 Å². The summed E-state index contributed by atoms with van der Waals surface area (Å²) >= 11 is 1.49. The van der Waals surface area contributed by atoms with Gasteiger partial charge >= 0.3 is 12.0 Å². The number of amides is 3. The van der Waals surface area contributed by atoms with Crippen molar-refractivity contribution >= 4 is 39.9 Å². The number of carbonyl (C=O) groups excluding carboxylic acids is 2. The standard InChI is InChI=1S/C33H32N8O4S/c1-33(2,3)27-16-28(41(39-27)23-8-11-25-21(15-23)12-14-44-25)38-30(43)37-22-17-34-31(35-18-22)45-24-9-6-20(7-10-24)26-19-36-32(46-26)40-13-4-5-29(40)42/h6-11,15-19H,4-5,12-14H2,1-3H3,(H2,37,38,43). The molecule has 0 radical (unpaired) electrons. The van der Waals surface area contributed by atoms with Crippen LogP contribution in [0.25, 0.3) is 16.1 Å². The van der Waals surface area contributed by atoms with Gasteiger partial charge in [0.1, 0.15) is 17.3 Å². The van der Waals surface area contributed by atoms with Gasteiger partial charge in [-0.3, -0.25) is 15.0 Å². The van der Waals surface area contributed by atoms with Crippen molar-refractivity contribution in [3.63, 3.8) is 0 Å². The van der Waals surface area contributed by atoms with Crippen molar-refractivity contribution in [3.05, 3.63) is 78.4 Å². The fourth-order valence-corrected chi connectivity index (χ4v) is 6.18. The molecular formula is C33H32N8O4S. The van der Waals surface area contributed by atoms with Crippen LogP contribution in [0, 0.1) is 0 Å². The second-order valence-electron chi connectivity index (χ2n) is 12.1. The van der Waals surface area contributed by atoms with Crippen LogP contribution in [-0.2, 0) is 16.6 Å². The summed E-state index contributed by atoms with van der Waals surface area (Å²) in [4.78, 5) is 40.7.